The van der Waals surface area contributed by atoms with Crippen molar-refractivity contribution >= 4 is 11.8 Å². The molecule has 0 aliphatic rings. The molecule has 17 heavy (non-hydrogen) atoms. The van der Waals surface area contributed by atoms with E-state index in [2.05, 4.69) is 29.0 Å². The van der Waals surface area contributed by atoms with Crippen LogP contribution in [-0.4, -0.2) is 15.1 Å². The average molecular weight is 246 g/mol. The largest absolute Gasteiger partial charge is 0.392 e. The van der Waals surface area contributed by atoms with E-state index < -0.39 is 0 Å². The van der Waals surface area contributed by atoms with Crippen LogP contribution >= 0.6 is 11.8 Å². The Morgan fingerprint density at radius 2 is 1.88 bits per heavy atom. The first-order valence-corrected chi connectivity index (χ1v) is 6.37. The summed E-state index contributed by atoms with van der Waals surface area (Å²) in [5, 5.41) is 8.89. The third-order valence-electron chi connectivity index (χ3n) is 2.39. The highest BCUT2D eigenvalue weighted by Crippen LogP contribution is 2.24. The molecule has 3 nitrogen and oxygen atoms in total. The van der Waals surface area contributed by atoms with Gasteiger partial charge in [-0.05, 0) is 18.6 Å². The van der Waals surface area contributed by atoms with E-state index in [-0.39, 0.29) is 6.61 Å². The number of aromatic nitrogens is 2. The second kappa shape index (κ2) is 5.80. The average Bonchev–Trinajstić information content (AvgIpc) is 2.38. The minimum atomic E-state index is -0.00871. The van der Waals surface area contributed by atoms with Crippen LogP contribution in [0.25, 0.3) is 0 Å². The third kappa shape index (κ3) is 3.28. The Balaban J connectivity index is 2.00. The monoisotopic (exact) mass is 246 g/mol. The number of hydrogen-bond acceptors (Lipinski definition) is 4. The van der Waals surface area contributed by atoms with Crippen molar-refractivity contribution in [3.8, 4) is 0 Å². The van der Waals surface area contributed by atoms with Crippen molar-refractivity contribution in [2.75, 3.05) is 0 Å². The molecule has 1 heterocycles. The fourth-order valence-electron chi connectivity index (χ4n) is 1.40. The van der Waals surface area contributed by atoms with Crippen molar-refractivity contribution in [3.63, 3.8) is 0 Å². The van der Waals surface area contributed by atoms with Crippen molar-refractivity contribution in [3.05, 3.63) is 53.6 Å². The van der Waals surface area contributed by atoms with Gasteiger partial charge in [0.25, 0.3) is 0 Å². The molecule has 1 N–H and O–H groups in total. The van der Waals surface area contributed by atoms with E-state index in [0.717, 1.165) is 17.1 Å². The molecule has 1 aromatic carbocycles. The van der Waals surface area contributed by atoms with E-state index in [0.29, 0.717) is 0 Å². The topological polar surface area (TPSA) is 46.0 Å². The number of aliphatic hydroxyl groups is 1. The number of aliphatic hydroxyl groups excluding tert-OH is 1. The molecule has 0 spiro atoms. The molecular formula is C13H14N2OS. The van der Waals surface area contributed by atoms with Crippen LogP contribution in [0.1, 0.15) is 17.0 Å². The number of benzene rings is 1. The zero-order valence-corrected chi connectivity index (χ0v) is 10.4. The lowest BCUT2D eigenvalue weighted by atomic mass is 10.2. The zero-order chi connectivity index (χ0) is 12.1. The van der Waals surface area contributed by atoms with Gasteiger partial charge >= 0.3 is 0 Å². The van der Waals surface area contributed by atoms with Gasteiger partial charge in [-0.2, -0.15) is 0 Å². The Hall–Kier alpha value is -1.39. The number of nitrogens with zero attached hydrogens (tertiary/aromatic N) is 2. The molecule has 0 aliphatic heterocycles. The van der Waals surface area contributed by atoms with Crippen molar-refractivity contribution in [2.45, 2.75) is 24.2 Å². The highest BCUT2D eigenvalue weighted by atomic mass is 32.2. The lowest BCUT2D eigenvalue weighted by molar-refractivity contribution is 0.281. The Morgan fingerprint density at radius 3 is 2.53 bits per heavy atom. The maximum atomic E-state index is 8.89. The fourth-order valence-corrected chi connectivity index (χ4v) is 2.30. The highest BCUT2D eigenvalue weighted by molar-refractivity contribution is 7.98. The summed E-state index contributed by atoms with van der Waals surface area (Å²) in [6.07, 6.45) is 3.33. The van der Waals surface area contributed by atoms with Gasteiger partial charge in [-0.3, -0.25) is 0 Å². The summed E-state index contributed by atoms with van der Waals surface area (Å²) in [6.45, 7) is 2.09. The SMILES string of the molecule is Cc1ccccc1SCc1ncc(CO)cn1. The van der Waals surface area contributed by atoms with Gasteiger partial charge in [0.15, 0.2) is 0 Å². The Kier molecular flexibility index (Phi) is 4.12. The van der Waals surface area contributed by atoms with E-state index >= 15 is 0 Å². The normalized spacial score (nSPS) is 10.5. The summed E-state index contributed by atoms with van der Waals surface area (Å²) in [7, 11) is 0. The summed E-state index contributed by atoms with van der Waals surface area (Å²) in [6, 6.07) is 8.26. The lowest BCUT2D eigenvalue weighted by Crippen LogP contribution is -1.95. The molecule has 0 unspecified atom stereocenters. The molecule has 2 aromatic rings. The fraction of sp³-hybridized carbons (Fsp3) is 0.231. The molecular weight excluding hydrogens is 232 g/mol. The first-order valence-electron chi connectivity index (χ1n) is 5.38. The predicted molar refractivity (Wildman–Crippen MR) is 68.7 cm³/mol. The first kappa shape index (κ1) is 12.1. The van der Waals surface area contributed by atoms with Crippen LogP contribution in [0, 0.1) is 6.92 Å². The molecule has 0 saturated carbocycles. The standard InChI is InChI=1S/C13H14N2OS/c1-10-4-2-3-5-12(10)17-9-13-14-6-11(8-16)7-15-13/h2-7,16H,8-9H2,1H3. The second-order valence-corrected chi connectivity index (χ2v) is 4.74. The van der Waals surface area contributed by atoms with Crippen LogP contribution in [0.5, 0.6) is 0 Å². The smallest absolute Gasteiger partial charge is 0.138 e. The van der Waals surface area contributed by atoms with Crippen LogP contribution in [0.2, 0.25) is 0 Å². The predicted octanol–water partition coefficient (Wildman–Crippen LogP) is 2.57. The van der Waals surface area contributed by atoms with Crippen molar-refractivity contribution < 1.29 is 5.11 Å². The molecule has 2 rings (SSSR count). The number of rotatable bonds is 4. The van der Waals surface area contributed by atoms with E-state index in [1.807, 2.05) is 12.1 Å². The molecule has 1 aromatic heterocycles. The minimum absolute atomic E-state index is 0.00871. The van der Waals surface area contributed by atoms with Gasteiger partial charge in [0.2, 0.25) is 0 Å². The van der Waals surface area contributed by atoms with Crippen molar-refractivity contribution in [1.29, 1.82) is 0 Å². The molecule has 0 saturated heterocycles. The molecule has 0 bridgehead atoms. The second-order valence-electron chi connectivity index (χ2n) is 3.72. The van der Waals surface area contributed by atoms with Crippen LogP contribution in [0.4, 0.5) is 0 Å². The highest BCUT2D eigenvalue weighted by Gasteiger charge is 2.01. The van der Waals surface area contributed by atoms with Gasteiger partial charge in [-0.15, -0.1) is 11.8 Å². The molecule has 0 amide bonds. The number of aryl methyl sites for hydroxylation is 1. The lowest BCUT2D eigenvalue weighted by Gasteiger charge is -2.04. The van der Waals surface area contributed by atoms with Crippen LogP contribution in [0.3, 0.4) is 0 Å². The molecule has 0 radical (unpaired) electrons. The Morgan fingerprint density at radius 1 is 1.18 bits per heavy atom. The van der Waals surface area contributed by atoms with Crippen LogP contribution < -0.4 is 0 Å². The van der Waals surface area contributed by atoms with Gasteiger partial charge in [0.05, 0.1) is 12.4 Å². The third-order valence-corrected chi connectivity index (χ3v) is 3.56. The first-order chi connectivity index (χ1) is 8.29. The minimum Gasteiger partial charge on any atom is -0.392 e. The van der Waals surface area contributed by atoms with Gasteiger partial charge in [0, 0.05) is 22.9 Å². The Bertz CT molecular complexity index is 485. The van der Waals surface area contributed by atoms with Gasteiger partial charge in [-0.1, -0.05) is 18.2 Å². The molecule has 4 heteroatoms. The van der Waals surface area contributed by atoms with Crippen molar-refractivity contribution in [1.82, 2.24) is 9.97 Å². The summed E-state index contributed by atoms with van der Waals surface area (Å²) in [5.41, 5.74) is 2.01. The quantitative estimate of drug-likeness (QED) is 0.842. The van der Waals surface area contributed by atoms with Crippen LogP contribution in [-0.2, 0) is 12.4 Å². The Labute approximate surface area is 105 Å². The zero-order valence-electron chi connectivity index (χ0n) is 9.63. The molecule has 0 fully saturated rings. The van der Waals surface area contributed by atoms with E-state index in [9.17, 15) is 0 Å². The molecule has 88 valence electrons. The number of thioether (sulfide) groups is 1. The van der Waals surface area contributed by atoms with E-state index in [1.165, 1.54) is 10.5 Å². The summed E-state index contributed by atoms with van der Waals surface area (Å²) >= 11 is 1.73. The molecule has 0 aliphatic carbocycles. The maximum Gasteiger partial charge on any atom is 0.138 e. The molecule has 0 atom stereocenters. The van der Waals surface area contributed by atoms with Gasteiger partial charge in [-0.25, -0.2) is 9.97 Å². The van der Waals surface area contributed by atoms with Crippen molar-refractivity contribution in [2.24, 2.45) is 0 Å². The maximum absolute atomic E-state index is 8.89. The number of hydrogen-bond donors (Lipinski definition) is 1. The van der Waals surface area contributed by atoms with Gasteiger partial charge < -0.3 is 5.11 Å². The van der Waals surface area contributed by atoms with Crippen LogP contribution in [0.15, 0.2) is 41.6 Å². The summed E-state index contributed by atoms with van der Waals surface area (Å²) < 4.78 is 0. The summed E-state index contributed by atoms with van der Waals surface area (Å²) in [5.74, 6) is 1.53. The van der Waals surface area contributed by atoms with E-state index in [4.69, 9.17) is 5.11 Å². The summed E-state index contributed by atoms with van der Waals surface area (Å²) in [4.78, 5) is 9.66. The van der Waals surface area contributed by atoms with Gasteiger partial charge in [0.1, 0.15) is 5.82 Å². The van der Waals surface area contributed by atoms with E-state index in [1.54, 1.807) is 24.2 Å².